The minimum Gasteiger partial charge on any atom is -0.363 e. The van der Waals surface area contributed by atoms with Crippen molar-refractivity contribution >= 4 is 23.7 Å². The molecule has 4 aliphatic rings. The molecule has 0 radical (unpaired) electrons. The average molecular weight is 537 g/mol. The Bertz CT molecular complexity index is 1250. The van der Waals surface area contributed by atoms with Crippen LogP contribution in [0.15, 0.2) is 30.6 Å². The summed E-state index contributed by atoms with van der Waals surface area (Å²) in [6, 6.07) is -0.160. The molecule has 12 nitrogen and oxygen atoms in total. The van der Waals surface area contributed by atoms with E-state index < -0.39 is 59.0 Å². The predicted octanol–water partition coefficient (Wildman–Crippen LogP) is -1.11. The first-order valence-electron chi connectivity index (χ1n) is 11.8. The van der Waals surface area contributed by atoms with Crippen molar-refractivity contribution in [3.8, 4) is 0 Å². The van der Waals surface area contributed by atoms with Gasteiger partial charge < -0.3 is 36.4 Å². The molecule has 4 aliphatic heterocycles. The number of guanidine groups is 1. The quantitative estimate of drug-likeness (QED) is 0.186. The number of nitrogens with one attached hydrogen (secondary N) is 5. The van der Waals surface area contributed by atoms with E-state index in [0.29, 0.717) is 0 Å². The topological polar surface area (TPSA) is 170 Å². The maximum Gasteiger partial charge on any atom is 0.416 e. The number of likely N-dealkylation sites (tertiary alicyclic amines) is 1. The molecule has 4 saturated heterocycles. The van der Waals surface area contributed by atoms with E-state index in [1.807, 2.05) is 0 Å². The number of alkyl halides is 3. The van der Waals surface area contributed by atoms with Crippen LogP contribution in [0.5, 0.6) is 0 Å². The maximum atomic E-state index is 13.4. The van der Waals surface area contributed by atoms with E-state index in [0.717, 1.165) is 24.0 Å². The lowest BCUT2D eigenvalue weighted by Gasteiger charge is -2.51. The Morgan fingerprint density at radius 1 is 1.24 bits per heavy atom. The number of nitrogens with zero attached hydrogens (tertiary/aromatic N) is 2. The number of amides is 3. The second-order valence-electron chi connectivity index (χ2n) is 9.83. The fourth-order valence-electron chi connectivity index (χ4n) is 5.85. The lowest BCUT2D eigenvalue weighted by molar-refractivity contribution is -0.233. The zero-order valence-electron chi connectivity index (χ0n) is 20.1. The molecule has 4 atom stereocenters. The summed E-state index contributed by atoms with van der Waals surface area (Å²) < 4.78 is 40.1. The van der Waals surface area contributed by atoms with Crippen molar-refractivity contribution in [3.63, 3.8) is 0 Å². The number of hydrogen-bond acceptors (Lipinski definition) is 8. The molecule has 4 heterocycles. The van der Waals surface area contributed by atoms with E-state index in [1.54, 1.807) is 0 Å². The van der Waals surface area contributed by atoms with Gasteiger partial charge in [-0.3, -0.25) is 24.7 Å². The van der Waals surface area contributed by atoms with Crippen LogP contribution >= 0.6 is 0 Å². The van der Waals surface area contributed by atoms with Gasteiger partial charge in [0.2, 0.25) is 17.6 Å². The van der Waals surface area contributed by atoms with Gasteiger partial charge in [-0.2, -0.15) is 13.2 Å². The van der Waals surface area contributed by atoms with E-state index in [4.69, 9.17) is 5.41 Å². The number of aliphatic hydroxyl groups is 2. The van der Waals surface area contributed by atoms with Crippen molar-refractivity contribution in [1.29, 1.82) is 5.41 Å². The minimum atomic E-state index is -4.69. The summed E-state index contributed by atoms with van der Waals surface area (Å²) >= 11 is 0. The van der Waals surface area contributed by atoms with Crippen LogP contribution in [0.2, 0.25) is 0 Å². The Kier molecular flexibility index (Phi) is 5.65. The molecule has 15 heteroatoms. The number of carbonyl (C=O) groups is 3. The number of benzene rings is 1. The summed E-state index contributed by atoms with van der Waals surface area (Å²) in [6.07, 6.45) is -4.58. The third kappa shape index (κ3) is 3.60. The van der Waals surface area contributed by atoms with Crippen molar-refractivity contribution in [2.75, 3.05) is 13.1 Å². The van der Waals surface area contributed by atoms with Crippen LogP contribution in [0.25, 0.3) is 0 Å². The molecule has 5 rings (SSSR count). The van der Waals surface area contributed by atoms with Crippen molar-refractivity contribution in [2.45, 2.75) is 55.5 Å². The van der Waals surface area contributed by atoms with Gasteiger partial charge in [0, 0.05) is 24.9 Å². The number of imide groups is 1. The van der Waals surface area contributed by atoms with Gasteiger partial charge in [-0.1, -0.05) is 12.6 Å². The minimum absolute atomic E-state index is 0.0519. The lowest BCUT2D eigenvalue weighted by atomic mass is 9.84. The normalized spacial score (nSPS) is 30.0. The Hall–Kier alpha value is -3.85. The molecule has 0 bridgehead atoms. The van der Waals surface area contributed by atoms with Crippen LogP contribution in [0.3, 0.4) is 0 Å². The van der Waals surface area contributed by atoms with Gasteiger partial charge in [0.15, 0.2) is 11.6 Å². The molecule has 0 saturated carbocycles. The third-order valence-electron chi connectivity index (χ3n) is 7.68. The molecule has 3 amide bonds. The molecule has 1 aromatic carbocycles. The second kappa shape index (κ2) is 8.33. The standard InChI is InChI=1S/C23H26F3N7O5/c1-10-12(4-3-5-13(10)23(24,25)26)19(36)30-15-9-33-20(27)29-14(8-32-16(34)6-7-17(32)35)18-21(33,22(15,37)38)31-11(2)28-18/h3-5,14-15,18,28,31,37-38H,2,6-9H2,1H3,(H2,27,29)(H,30,36)/t14-,15-,18-,21-/m0/s1. The fourth-order valence-corrected chi connectivity index (χ4v) is 5.85. The second-order valence-corrected chi connectivity index (χ2v) is 9.83. The molecular formula is C23H26F3N7O5. The summed E-state index contributed by atoms with van der Waals surface area (Å²) in [5, 5.41) is 42.6. The predicted molar refractivity (Wildman–Crippen MR) is 124 cm³/mol. The number of carbonyl (C=O) groups excluding carboxylic acids is 3. The molecular weight excluding hydrogens is 511 g/mol. The Morgan fingerprint density at radius 2 is 1.89 bits per heavy atom. The Balaban J connectivity index is 1.46. The fraction of sp³-hybridized carbons (Fsp3) is 0.478. The maximum absolute atomic E-state index is 13.4. The van der Waals surface area contributed by atoms with Crippen LogP contribution in [-0.4, -0.2) is 86.4 Å². The van der Waals surface area contributed by atoms with Crippen molar-refractivity contribution in [3.05, 3.63) is 47.3 Å². The molecule has 7 N–H and O–H groups in total. The monoisotopic (exact) mass is 537 g/mol. The third-order valence-corrected chi connectivity index (χ3v) is 7.68. The van der Waals surface area contributed by atoms with Crippen LogP contribution in [0.1, 0.15) is 34.3 Å². The van der Waals surface area contributed by atoms with Crippen LogP contribution in [0.4, 0.5) is 13.2 Å². The van der Waals surface area contributed by atoms with Crippen LogP contribution in [0, 0.1) is 12.3 Å². The summed E-state index contributed by atoms with van der Waals surface area (Å²) in [6.45, 7) is 4.46. The Labute approximate surface area is 214 Å². The van der Waals surface area contributed by atoms with Gasteiger partial charge in [0.1, 0.15) is 6.04 Å². The van der Waals surface area contributed by atoms with Crippen molar-refractivity contribution in [2.24, 2.45) is 0 Å². The number of rotatable bonds is 4. The number of halogens is 3. The first-order chi connectivity index (χ1) is 17.7. The summed E-state index contributed by atoms with van der Waals surface area (Å²) in [4.78, 5) is 39.8. The van der Waals surface area contributed by atoms with Gasteiger partial charge >= 0.3 is 6.18 Å². The van der Waals surface area contributed by atoms with E-state index in [9.17, 15) is 37.8 Å². The largest absolute Gasteiger partial charge is 0.416 e. The zero-order valence-corrected chi connectivity index (χ0v) is 20.1. The first-order valence-corrected chi connectivity index (χ1v) is 11.8. The zero-order chi connectivity index (χ0) is 27.8. The van der Waals surface area contributed by atoms with Crippen molar-refractivity contribution in [1.82, 2.24) is 31.1 Å². The summed E-state index contributed by atoms with van der Waals surface area (Å²) in [5.41, 5.74) is -3.49. The average Bonchev–Trinajstić information content (AvgIpc) is 3.41. The summed E-state index contributed by atoms with van der Waals surface area (Å²) in [7, 11) is 0. The van der Waals surface area contributed by atoms with E-state index >= 15 is 0 Å². The molecule has 38 heavy (non-hydrogen) atoms. The SMILES string of the molecule is C=C1N[C@H]2[C@H](CN3C(=O)CCC3=O)NC(=N)N3C[C@H](NC(=O)c4cccc(C(F)(F)F)c4C)C(O)(O)[C@]23N1. The van der Waals surface area contributed by atoms with Gasteiger partial charge in [-0.25, -0.2) is 0 Å². The number of hydrogen-bond donors (Lipinski definition) is 7. The summed E-state index contributed by atoms with van der Waals surface area (Å²) in [5.74, 6) is -4.66. The highest BCUT2D eigenvalue weighted by atomic mass is 19.4. The first kappa shape index (κ1) is 25.8. The molecule has 204 valence electrons. The van der Waals surface area contributed by atoms with Gasteiger partial charge in [-0.05, 0) is 24.6 Å². The Morgan fingerprint density at radius 3 is 2.53 bits per heavy atom. The van der Waals surface area contributed by atoms with Crippen molar-refractivity contribution < 1.29 is 37.8 Å². The highest BCUT2D eigenvalue weighted by molar-refractivity contribution is 6.02. The van der Waals surface area contributed by atoms with E-state index in [-0.39, 0.29) is 48.8 Å². The molecule has 0 unspecified atom stereocenters. The van der Waals surface area contributed by atoms with Crippen LogP contribution < -0.4 is 21.3 Å². The molecule has 1 spiro atoms. The molecule has 0 aliphatic carbocycles. The molecule has 1 aromatic rings. The van der Waals surface area contributed by atoms with Gasteiger partial charge in [0.25, 0.3) is 5.91 Å². The van der Waals surface area contributed by atoms with Crippen LogP contribution in [-0.2, 0) is 15.8 Å². The highest BCUT2D eigenvalue weighted by Crippen LogP contribution is 2.44. The molecule has 4 fully saturated rings. The molecule has 0 aromatic heterocycles. The van der Waals surface area contributed by atoms with E-state index in [2.05, 4.69) is 27.8 Å². The smallest absolute Gasteiger partial charge is 0.363 e. The van der Waals surface area contributed by atoms with Gasteiger partial charge in [0.05, 0.1) is 30.0 Å². The van der Waals surface area contributed by atoms with Gasteiger partial charge in [-0.15, -0.1) is 0 Å². The highest BCUT2D eigenvalue weighted by Gasteiger charge is 2.74. The lowest BCUT2D eigenvalue weighted by Crippen LogP contribution is -2.81. The van der Waals surface area contributed by atoms with E-state index in [1.165, 1.54) is 11.0 Å².